The third-order valence-corrected chi connectivity index (χ3v) is 3.14. The maximum Gasteiger partial charge on any atom is 0.123 e. The molecule has 0 aromatic heterocycles. The van der Waals surface area contributed by atoms with Crippen LogP contribution in [0.15, 0.2) is 36.4 Å². The van der Waals surface area contributed by atoms with Crippen molar-refractivity contribution in [2.45, 2.75) is 6.61 Å². The molecule has 0 fully saturated rings. The number of hydrogen-bond acceptors (Lipinski definition) is 2. The Balaban J connectivity index is 2.13. The summed E-state index contributed by atoms with van der Waals surface area (Å²) in [6.07, 6.45) is 0. The van der Waals surface area contributed by atoms with E-state index in [1.54, 1.807) is 12.1 Å². The molecule has 2 aromatic rings. The average Bonchev–Trinajstić information content (AvgIpc) is 2.40. The van der Waals surface area contributed by atoms with Crippen molar-refractivity contribution in [1.82, 2.24) is 0 Å². The van der Waals surface area contributed by atoms with Crippen molar-refractivity contribution in [2.24, 2.45) is 0 Å². The minimum absolute atomic E-state index is 0.124. The Bertz CT molecular complexity index is 652. The number of hydrogen-bond donors (Lipinski definition) is 0. The minimum atomic E-state index is -0.374. The van der Waals surface area contributed by atoms with Gasteiger partial charge in [0, 0.05) is 16.7 Å². The van der Waals surface area contributed by atoms with Gasteiger partial charge in [0.2, 0.25) is 0 Å². The maximum atomic E-state index is 13.1. The lowest BCUT2D eigenvalue weighted by Crippen LogP contribution is -1.97. The second kappa shape index (κ2) is 5.92. The van der Waals surface area contributed by atoms with Crippen molar-refractivity contribution in [3.05, 3.63) is 63.4 Å². The molecule has 0 saturated heterocycles. The Kier molecular flexibility index (Phi) is 4.26. The highest BCUT2D eigenvalue weighted by Gasteiger charge is 2.05. The van der Waals surface area contributed by atoms with Crippen molar-refractivity contribution in [3.63, 3.8) is 0 Å². The summed E-state index contributed by atoms with van der Waals surface area (Å²) < 4.78 is 18.5. The highest BCUT2D eigenvalue weighted by Crippen LogP contribution is 2.24. The molecule has 0 bridgehead atoms. The first-order valence-corrected chi connectivity index (χ1v) is 6.12. The van der Waals surface area contributed by atoms with Crippen molar-refractivity contribution < 1.29 is 9.13 Å². The summed E-state index contributed by atoms with van der Waals surface area (Å²) in [6, 6.07) is 10.7. The van der Waals surface area contributed by atoms with Gasteiger partial charge < -0.3 is 4.74 Å². The highest BCUT2D eigenvalue weighted by atomic mass is 35.5. The van der Waals surface area contributed by atoms with E-state index in [9.17, 15) is 4.39 Å². The third-order valence-electron chi connectivity index (χ3n) is 2.46. The molecule has 2 aromatic carbocycles. The monoisotopic (exact) mass is 295 g/mol. The lowest BCUT2D eigenvalue weighted by molar-refractivity contribution is 0.305. The van der Waals surface area contributed by atoms with Gasteiger partial charge in [-0.05, 0) is 30.3 Å². The van der Waals surface area contributed by atoms with Gasteiger partial charge in [-0.1, -0.05) is 23.2 Å². The number of rotatable bonds is 3. The average molecular weight is 296 g/mol. The van der Waals surface area contributed by atoms with E-state index < -0.39 is 0 Å². The molecule has 0 atom stereocenters. The molecular weight excluding hydrogens is 288 g/mol. The smallest absolute Gasteiger partial charge is 0.123 e. The van der Waals surface area contributed by atoms with Gasteiger partial charge in [-0.3, -0.25) is 0 Å². The van der Waals surface area contributed by atoms with E-state index in [4.69, 9.17) is 33.2 Å². The molecular formula is C14H8Cl2FNO. The van der Waals surface area contributed by atoms with E-state index >= 15 is 0 Å². The first kappa shape index (κ1) is 13.7. The molecule has 2 rings (SSSR count). The molecule has 0 unspecified atom stereocenters. The Morgan fingerprint density at radius 1 is 1.11 bits per heavy atom. The van der Waals surface area contributed by atoms with Crippen LogP contribution in [0.3, 0.4) is 0 Å². The molecule has 2 nitrogen and oxygen atoms in total. The van der Waals surface area contributed by atoms with E-state index in [0.717, 1.165) is 0 Å². The van der Waals surface area contributed by atoms with E-state index in [1.165, 1.54) is 24.3 Å². The predicted octanol–water partition coefficient (Wildman–Crippen LogP) is 4.58. The van der Waals surface area contributed by atoms with Gasteiger partial charge in [-0.15, -0.1) is 0 Å². The molecule has 96 valence electrons. The second-order valence-corrected chi connectivity index (χ2v) is 4.59. The first-order chi connectivity index (χ1) is 9.10. The van der Waals surface area contributed by atoms with Gasteiger partial charge in [-0.25, -0.2) is 4.39 Å². The van der Waals surface area contributed by atoms with Crippen LogP contribution in [0.25, 0.3) is 0 Å². The van der Waals surface area contributed by atoms with Gasteiger partial charge >= 0.3 is 0 Å². The fourth-order valence-corrected chi connectivity index (χ4v) is 1.88. The normalized spacial score (nSPS) is 10.0. The fraction of sp³-hybridized carbons (Fsp3) is 0.0714. The minimum Gasteiger partial charge on any atom is -0.489 e. The lowest BCUT2D eigenvalue weighted by Gasteiger charge is -2.08. The SMILES string of the molecule is N#Cc1ccc(OCc2cc(F)ccc2Cl)cc1Cl. The number of ether oxygens (including phenoxy) is 1. The number of nitriles is 1. The quantitative estimate of drug-likeness (QED) is 0.830. The predicted molar refractivity (Wildman–Crippen MR) is 71.9 cm³/mol. The Labute approximate surface area is 119 Å². The zero-order valence-corrected chi connectivity index (χ0v) is 11.2. The fourth-order valence-electron chi connectivity index (χ4n) is 1.49. The summed E-state index contributed by atoms with van der Waals surface area (Å²) >= 11 is 11.8. The van der Waals surface area contributed by atoms with Gasteiger partial charge in [0.05, 0.1) is 10.6 Å². The Morgan fingerprint density at radius 2 is 1.89 bits per heavy atom. The molecule has 0 aliphatic heterocycles. The van der Waals surface area contributed by atoms with Gasteiger partial charge in [0.15, 0.2) is 0 Å². The third kappa shape index (κ3) is 3.37. The maximum absolute atomic E-state index is 13.1. The second-order valence-electron chi connectivity index (χ2n) is 3.78. The van der Waals surface area contributed by atoms with Crippen LogP contribution >= 0.6 is 23.2 Å². The standard InChI is InChI=1S/C14H8Cl2FNO/c15-13-4-2-11(17)5-10(13)8-19-12-3-1-9(7-18)14(16)6-12/h1-6H,8H2. The van der Waals surface area contributed by atoms with Crippen LogP contribution in [0.2, 0.25) is 10.0 Å². The summed E-state index contributed by atoms with van der Waals surface area (Å²) in [4.78, 5) is 0. The van der Waals surface area contributed by atoms with Crippen LogP contribution in [0.1, 0.15) is 11.1 Å². The molecule has 0 amide bonds. The van der Waals surface area contributed by atoms with Gasteiger partial charge in [0.25, 0.3) is 0 Å². The topological polar surface area (TPSA) is 33.0 Å². The summed E-state index contributed by atoms with van der Waals surface area (Å²) in [5.41, 5.74) is 0.917. The van der Waals surface area contributed by atoms with Crippen LogP contribution in [0.4, 0.5) is 4.39 Å². The molecule has 0 spiro atoms. The van der Waals surface area contributed by atoms with Crippen molar-refractivity contribution in [3.8, 4) is 11.8 Å². The van der Waals surface area contributed by atoms with Crippen LogP contribution in [-0.4, -0.2) is 0 Å². The van der Waals surface area contributed by atoms with Gasteiger partial charge in [0.1, 0.15) is 24.2 Å². The number of halogens is 3. The van der Waals surface area contributed by atoms with E-state index in [-0.39, 0.29) is 12.4 Å². The lowest BCUT2D eigenvalue weighted by atomic mass is 10.2. The van der Waals surface area contributed by atoms with Gasteiger partial charge in [-0.2, -0.15) is 5.26 Å². The summed E-state index contributed by atoms with van der Waals surface area (Å²) in [5, 5.41) is 9.49. The molecule has 0 N–H and O–H groups in total. The largest absolute Gasteiger partial charge is 0.489 e. The van der Waals surface area contributed by atoms with Crippen molar-refractivity contribution >= 4 is 23.2 Å². The Hall–Kier alpha value is -1.76. The first-order valence-electron chi connectivity index (χ1n) is 5.36. The molecule has 0 heterocycles. The molecule has 19 heavy (non-hydrogen) atoms. The zero-order chi connectivity index (χ0) is 13.8. The molecule has 0 aliphatic carbocycles. The Morgan fingerprint density at radius 3 is 2.58 bits per heavy atom. The zero-order valence-electron chi connectivity index (χ0n) is 9.66. The van der Waals surface area contributed by atoms with E-state index in [1.807, 2.05) is 6.07 Å². The van der Waals surface area contributed by atoms with Crippen LogP contribution in [-0.2, 0) is 6.61 Å². The molecule has 5 heteroatoms. The van der Waals surface area contributed by atoms with Crippen LogP contribution in [0.5, 0.6) is 5.75 Å². The van der Waals surface area contributed by atoms with Crippen molar-refractivity contribution in [1.29, 1.82) is 5.26 Å². The van der Waals surface area contributed by atoms with E-state index in [2.05, 4.69) is 0 Å². The number of nitrogens with zero attached hydrogens (tertiary/aromatic N) is 1. The summed E-state index contributed by atoms with van der Waals surface area (Å²) in [6.45, 7) is 0.124. The molecule has 0 aliphatic rings. The molecule has 0 radical (unpaired) electrons. The summed E-state index contributed by atoms with van der Waals surface area (Å²) in [7, 11) is 0. The summed E-state index contributed by atoms with van der Waals surface area (Å²) in [5.74, 6) is 0.116. The van der Waals surface area contributed by atoms with Crippen molar-refractivity contribution in [2.75, 3.05) is 0 Å². The number of benzene rings is 2. The van der Waals surface area contributed by atoms with Crippen LogP contribution in [0, 0.1) is 17.1 Å². The van der Waals surface area contributed by atoms with Crippen LogP contribution < -0.4 is 4.74 Å². The highest BCUT2D eigenvalue weighted by molar-refractivity contribution is 6.32. The molecule has 0 saturated carbocycles. The van der Waals surface area contributed by atoms with E-state index in [0.29, 0.717) is 26.9 Å².